The van der Waals surface area contributed by atoms with E-state index in [1.54, 1.807) is 12.1 Å². The molecule has 1 aliphatic heterocycles. The van der Waals surface area contributed by atoms with Crippen molar-refractivity contribution in [1.82, 2.24) is 0 Å². The molecule has 1 heterocycles. The first kappa shape index (κ1) is 12.3. The summed E-state index contributed by atoms with van der Waals surface area (Å²) in [5.74, 6) is 0.227. The average Bonchev–Trinajstić information content (AvgIpc) is 2.74. The fourth-order valence-electron chi connectivity index (χ4n) is 2.17. The van der Waals surface area contributed by atoms with E-state index >= 15 is 0 Å². The Kier molecular flexibility index (Phi) is 3.64. The maximum atomic E-state index is 13.8. The molecule has 1 aromatic carbocycles. The molecule has 3 atom stereocenters. The highest BCUT2D eigenvalue weighted by Crippen LogP contribution is 2.33. The van der Waals surface area contributed by atoms with Crippen LogP contribution in [0.2, 0.25) is 0 Å². The van der Waals surface area contributed by atoms with Crippen molar-refractivity contribution in [1.29, 1.82) is 0 Å². The van der Waals surface area contributed by atoms with Gasteiger partial charge in [0.1, 0.15) is 17.7 Å². The number of benzene rings is 1. The van der Waals surface area contributed by atoms with Crippen LogP contribution in [0.25, 0.3) is 0 Å². The Bertz CT molecular complexity index is 394. The minimum absolute atomic E-state index is 0.242. The minimum Gasteiger partial charge on any atom is -0.497 e. The second-order valence-electron chi connectivity index (χ2n) is 4.43. The van der Waals surface area contributed by atoms with Gasteiger partial charge in [0.15, 0.2) is 0 Å². The van der Waals surface area contributed by atoms with E-state index in [0.717, 1.165) is 6.42 Å². The van der Waals surface area contributed by atoms with Gasteiger partial charge in [-0.05, 0) is 24.5 Å². The van der Waals surface area contributed by atoms with Gasteiger partial charge in [-0.1, -0.05) is 6.92 Å². The molecule has 4 heteroatoms. The van der Waals surface area contributed by atoms with Crippen molar-refractivity contribution in [3.63, 3.8) is 0 Å². The van der Waals surface area contributed by atoms with Crippen molar-refractivity contribution < 1.29 is 19.0 Å². The number of aliphatic hydroxyl groups is 1. The van der Waals surface area contributed by atoms with E-state index in [-0.39, 0.29) is 17.6 Å². The quantitative estimate of drug-likeness (QED) is 0.881. The fourth-order valence-corrected chi connectivity index (χ4v) is 2.17. The van der Waals surface area contributed by atoms with E-state index in [1.807, 2.05) is 6.92 Å². The predicted octanol–water partition coefficient (Wildman–Crippen LogP) is 2.29. The summed E-state index contributed by atoms with van der Waals surface area (Å²) in [6.07, 6.45) is -0.337. The first-order valence-electron chi connectivity index (χ1n) is 5.76. The van der Waals surface area contributed by atoms with E-state index in [9.17, 15) is 9.50 Å². The summed E-state index contributed by atoms with van der Waals surface area (Å²) >= 11 is 0. The maximum absolute atomic E-state index is 13.8. The second kappa shape index (κ2) is 5.02. The van der Waals surface area contributed by atoms with Gasteiger partial charge in [-0.15, -0.1) is 0 Å². The van der Waals surface area contributed by atoms with E-state index in [2.05, 4.69) is 0 Å². The number of methoxy groups -OCH3 is 1. The van der Waals surface area contributed by atoms with Gasteiger partial charge in [-0.2, -0.15) is 0 Å². The second-order valence-corrected chi connectivity index (χ2v) is 4.43. The molecule has 1 saturated heterocycles. The molecule has 1 aromatic rings. The van der Waals surface area contributed by atoms with Crippen LogP contribution < -0.4 is 4.74 Å². The first-order chi connectivity index (χ1) is 8.13. The largest absolute Gasteiger partial charge is 0.497 e. The average molecular weight is 240 g/mol. The third kappa shape index (κ3) is 2.42. The van der Waals surface area contributed by atoms with E-state index in [0.29, 0.717) is 12.4 Å². The molecular weight excluding hydrogens is 223 g/mol. The number of ether oxygens (including phenoxy) is 2. The lowest BCUT2D eigenvalue weighted by Crippen LogP contribution is -2.23. The Labute approximate surface area is 100 Å². The lowest BCUT2D eigenvalue weighted by atomic mass is 9.94. The molecule has 0 aliphatic carbocycles. The summed E-state index contributed by atoms with van der Waals surface area (Å²) < 4.78 is 24.1. The molecule has 1 fully saturated rings. The van der Waals surface area contributed by atoms with Gasteiger partial charge in [0.25, 0.3) is 0 Å². The zero-order valence-corrected chi connectivity index (χ0v) is 10.0. The summed E-state index contributed by atoms with van der Waals surface area (Å²) in [6, 6.07) is 4.46. The molecule has 94 valence electrons. The Morgan fingerprint density at radius 3 is 2.82 bits per heavy atom. The van der Waals surface area contributed by atoms with Crippen LogP contribution >= 0.6 is 0 Å². The van der Waals surface area contributed by atoms with Crippen LogP contribution in [-0.2, 0) is 4.74 Å². The van der Waals surface area contributed by atoms with Crippen LogP contribution in [0.15, 0.2) is 18.2 Å². The van der Waals surface area contributed by atoms with Crippen LogP contribution in [0.5, 0.6) is 5.75 Å². The molecule has 0 bridgehead atoms. The molecule has 0 amide bonds. The van der Waals surface area contributed by atoms with Crippen LogP contribution in [0.4, 0.5) is 4.39 Å². The number of aliphatic hydroxyl groups excluding tert-OH is 1. The summed E-state index contributed by atoms with van der Waals surface area (Å²) in [7, 11) is 1.48. The van der Waals surface area contributed by atoms with Gasteiger partial charge in [-0.25, -0.2) is 4.39 Å². The topological polar surface area (TPSA) is 38.7 Å². The number of hydrogen-bond acceptors (Lipinski definition) is 3. The third-order valence-corrected chi connectivity index (χ3v) is 3.28. The highest BCUT2D eigenvalue weighted by Gasteiger charge is 2.33. The molecule has 0 saturated carbocycles. The molecule has 3 nitrogen and oxygen atoms in total. The lowest BCUT2D eigenvalue weighted by Gasteiger charge is -2.22. The fraction of sp³-hybridized carbons (Fsp3) is 0.538. The zero-order chi connectivity index (χ0) is 12.4. The number of rotatable bonds is 3. The number of hydrogen-bond donors (Lipinski definition) is 1. The van der Waals surface area contributed by atoms with Crippen molar-refractivity contribution in [3.8, 4) is 5.75 Å². The summed E-state index contributed by atoms with van der Waals surface area (Å²) in [5.41, 5.74) is 0.268. The molecule has 1 aliphatic rings. The van der Waals surface area contributed by atoms with E-state index < -0.39 is 11.9 Å². The molecule has 0 radical (unpaired) electrons. The van der Waals surface area contributed by atoms with Gasteiger partial charge >= 0.3 is 0 Å². The molecule has 0 aromatic heterocycles. The molecule has 3 unspecified atom stereocenters. The van der Waals surface area contributed by atoms with Crippen molar-refractivity contribution in [3.05, 3.63) is 29.6 Å². The molecule has 17 heavy (non-hydrogen) atoms. The van der Waals surface area contributed by atoms with Crippen LogP contribution in [0.3, 0.4) is 0 Å². The van der Waals surface area contributed by atoms with Crippen LogP contribution in [-0.4, -0.2) is 24.9 Å². The minimum atomic E-state index is -0.918. The zero-order valence-electron chi connectivity index (χ0n) is 10.0. The predicted molar refractivity (Wildman–Crippen MR) is 61.4 cm³/mol. The van der Waals surface area contributed by atoms with Crippen LogP contribution in [0.1, 0.15) is 25.0 Å². The smallest absolute Gasteiger partial charge is 0.132 e. The highest BCUT2D eigenvalue weighted by molar-refractivity contribution is 5.30. The Morgan fingerprint density at radius 1 is 1.53 bits per heavy atom. The van der Waals surface area contributed by atoms with Gasteiger partial charge < -0.3 is 14.6 Å². The Morgan fingerprint density at radius 2 is 2.29 bits per heavy atom. The van der Waals surface area contributed by atoms with Crippen molar-refractivity contribution in [2.24, 2.45) is 5.92 Å². The van der Waals surface area contributed by atoms with E-state index in [1.165, 1.54) is 13.2 Å². The third-order valence-electron chi connectivity index (χ3n) is 3.28. The molecule has 0 spiro atoms. The Hall–Kier alpha value is -1.13. The van der Waals surface area contributed by atoms with Crippen molar-refractivity contribution in [2.45, 2.75) is 25.6 Å². The van der Waals surface area contributed by atoms with Crippen LogP contribution in [0, 0.1) is 11.7 Å². The first-order valence-corrected chi connectivity index (χ1v) is 5.76. The van der Waals surface area contributed by atoms with Crippen molar-refractivity contribution >= 4 is 0 Å². The standard InChI is InChI=1S/C13H17FO3/c1-8-5-6-17-13(8)12(15)10-4-3-9(16-2)7-11(10)14/h3-4,7-8,12-13,15H,5-6H2,1-2H3. The van der Waals surface area contributed by atoms with Gasteiger partial charge in [0.2, 0.25) is 0 Å². The molecule has 2 rings (SSSR count). The summed E-state index contributed by atoms with van der Waals surface area (Å²) in [6.45, 7) is 2.63. The monoisotopic (exact) mass is 240 g/mol. The lowest BCUT2D eigenvalue weighted by molar-refractivity contribution is -0.0194. The van der Waals surface area contributed by atoms with Crippen molar-refractivity contribution in [2.75, 3.05) is 13.7 Å². The van der Waals surface area contributed by atoms with E-state index in [4.69, 9.17) is 9.47 Å². The normalized spacial score (nSPS) is 25.9. The van der Waals surface area contributed by atoms with Gasteiger partial charge in [0.05, 0.1) is 13.2 Å². The van der Waals surface area contributed by atoms with Gasteiger partial charge in [-0.3, -0.25) is 0 Å². The Balaban J connectivity index is 2.21. The maximum Gasteiger partial charge on any atom is 0.132 e. The van der Waals surface area contributed by atoms with Gasteiger partial charge in [0, 0.05) is 18.2 Å². The molecule has 1 N–H and O–H groups in total. The SMILES string of the molecule is COc1ccc(C(O)C2OCCC2C)c(F)c1. The highest BCUT2D eigenvalue weighted by atomic mass is 19.1. The number of halogens is 1. The summed E-state index contributed by atoms with van der Waals surface area (Å²) in [4.78, 5) is 0. The molecular formula is C13H17FO3. The summed E-state index contributed by atoms with van der Waals surface area (Å²) in [5, 5.41) is 10.1.